The summed E-state index contributed by atoms with van der Waals surface area (Å²) in [5.41, 5.74) is -0.383. The van der Waals surface area contributed by atoms with Crippen LogP contribution < -0.4 is 0 Å². The van der Waals surface area contributed by atoms with Crippen LogP contribution in [0, 0.1) is 17.3 Å². The van der Waals surface area contributed by atoms with Gasteiger partial charge in [0.1, 0.15) is 0 Å². The molecule has 2 atom stereocenters. The fraction of sp³-hybridized carbons (Fsp3) is 0.833. The van der Waals surface area contributed by atoms with Crippen LogP contribution in [0.1, 0.15) is 13.8 Å². The lowest BCUT2D eigenvalue weighted by Gasteiger charge is -2.32. The van der Waals surface area contributed by atoms with Gasteiger partial charge in [0.15, 0.2) is 0 Å². The summed E-state index contributed by atoms with van der Waals surface area (Å²) >= 11 is 0. The highest BCUT2D eigenvalue weighted by molar-refractivity contribution is 5.91. The number of piperazine rings is 1. The van der Waals surface area contributed by atoms with Gasteiger partial charge < -0.3 is 14.9 Å². The number of carboxylic acids is 1. The third-order valence-corrected chi connectivity index (χ3v) is 4.17. The van der Waals surface area contributed by atoms with E-state index in [1.54, 1.807) is 0 Å². The van der Waals surface area contributed by atoms with E-state index in [2.05, 4.69) is 4.90 Å². The van der Waals surface area contributed by atoms with Gasteiger partial charge in [0.2, 0.25) is 5.91 Å². The molecule has 0 bridgehead atoms. The molecule has 2 fully saturated rings. The number of likely N-dealkylation sites (N-methyl/N-ethyl adjacent to an activating group) is 1. The van der Waals surface area contributed by atoms with Crippen LogP contribution in [0.15, 0.2) is 0 Å². The van der Waals surface area contributed by atoms with Crippen LogP contribution >= 0.6 is 0 Å². The molecule has 1 saturated carbocycles. The molecule has 5 nitrogen and oxygen atoms in total. The van der Waals surface area contributed by atoms with Crippen LogP contribution in [0.2, 0.25) is 0 Å². The number of carbonyl (C=O) groups excluding carboxylic acids is 1. The number of carboxylic acid groups (broad SMARTS) is 1. The lowest BCUT2D eigenvalue weighted by molar-refractivity contribution is -0.142. The average Bonchev–Trinajstić information content (AvgIpc) is 2.82. The first-order chi connectivity index (χ1) is 7.85. The maximum absolute atomic E-state index is 12.2. The van der Waals surface area contributed by atoms with Crippen LogP contribution in [0.3, 0.4) is 0 Å². The minimum absolute atomic E-state index is 0.0236. The Morgan fingerprint density at radius 2 is 1.65 bits per heavy atom. The third kappa shape index (κ3) is 2.04. The van der Waals surface area contributed by atoms with Crippen molar-refractivity contribution in [3.63, 3.8) is 0 Å². The van der Waals surface area contributed by atoms with Crippen molar-refractivity contribution >= 4 is 11.9 Å². The van der Waals surface area contributed by atoms with Crippen molar-refractivity contribution in [2.75, 3.05) is 33.2 Å². The Morgan fingerprint density at radius 3 is 2.06 bits per heavy atom. The summed E-state index contributed by atoms with van der Waals surface area (Å²) in [5, 5.41) is 9.07. The molecule has 0 aromatic rings. The Morgan fingerprint density at radius 1 is 1.12 bits per heavy atom. The van der Waals surface area contributed by atoms with E-state index in [0.717, 1.165) is 13.1 Å². The lowest BCUT2D eigenvalue weighted by atomic mass is 10.1. The average molecular weight is 240 g/mol. The molecule has 2 aliphatic rings. The Labute approximate surface area is 101 Å². The first-order valence-electron chi connectivity index (χ1n) is 6.06. The molecule has 0 aromatic carbocycles. The summed E-state index contributed by atoms with van der Waals surface area (Å²) < 4.78 is 0. The molecule has 1 amide bonds. The molecule has 5 heteroatoms. The minimum Gasteiger partial charge on any atom is -0.481 e. The number of hydrogen-bond acceptors (Lipinski definition) is 3. The van der Waals surface area contributed by atoms with Crippen molar-refractivity contribution < 1.29 is 14.7 Å². The molecule has 17 heavy (non-hydrogen) atoms. The molecule has 96 valence electrons. The molecule has 1 N–H and O–H groups in total. The van der Waals surface area contributed by atoms with E-state index < -0.39 is 11.9 Å². The molecular weight excluding hydrogens is 220 g/mol. The summed E-state index contributed by atoms with van der Waals surface area (Å²) in [6.07, 6.45) is 0. The van der Waals surface area contributed by atoms with Gasteiger partial charge in [-0.15, -0.1) is 0 Å². The number of aliphatic carboxylic acids is 1. The van der Waals surface area contributed by atoms with E-state index in [4.69, 9.17) is 5.11 Å². The maximum Gasteiger partial charge on any atom is 0.307 e. The SMILES string of the molecule is CN1CCN(C(=O)[C@H]2[C@@H](C(=O)O)C2(C)C)CC1. The van der Waals surface area contributed by atoms with Crippen molar-refractivity contribution in [1.29, 1.82) is 0 Å². The fourth-order valence-corrected chi connectivity index (χ4v) is 2.78. The van der Waals surface area contributed by atoms with Gasteiger partial charge in [0, 0.05) is 26.2 Å². The smallest absolute Gasteiger partial charge is 0.307 e. The van der Waals surface area contributed by atoms with Gasteiger partial charge in [0.25, 0.3) is 0 Å². The van der Waals surface area contributed by atoms with Crippen molar-refractivity contribution in [2.24, 2.45) is 17.3 Å². The summed E-state index contributed by atoms with van der Waals surface area (Å²) in [4.78, 5) is 27.3. The monoisotopic (exact) mass is 240 g/mol. The number of rotatable bonds is 2. The van der Waals surface area contributed by atoms with Crippen molar-refractivity contribution in [3.05, 3.63) is 0 Å². The predicted molar refractivity (Wildman–Crippen MR) is 62.5 cm³/mol. The normalized spacial score (nSPS) is 32.3. The van der Waals surface area contributed by atoms with E-state index >= 15 is 0 Å². The summed E-state index contributed by atoms with van der Waals surface area (Å²) in [6.45, 7) is 6.91. The number of amides is 1. The second-order valence-corrected chi connectivity index (χ2v) is 5.74. The molecule has 0 spiro atoms. The quantitative estimate of drug-likeness (QED) is 0.744. The van der Waals surface area contributed by atoms with Gasteiger partial charge in [-0.3, -0.25) is 9.59 Å². The molecule has 1 aliphatic heterocycles. The molecule has 2 rings (SSSR count). The van der Waals surface area contributed by atoms with Gasteiger partial charge in [-0.05, 0) is 12.5 Å². The predicted octanol–water partition coefficient (Wildman–Crippen LogP) is 0.117. The van der Waals surface area contributed by atoms with Crippen LogP contribution in [-0.4, -0.2) is 60.0 Å². The van der Waals surface area contributed by atoms with E-state index in [1.807, 2.05) is 25.8 Å². The second-order valence-electron chi connectivity index (χ2n) is 5.74. The number of carbonyl (C=O) groups is 2. The first-order valence-corrected chi connectivity index (χ1v) is 6.06. The second kappa shape index (κ2) is 3.98. The van der Waals surface area contributed by atoms with Crippen LogP contribution in [0.4, 0.5) is 0 Å². The van der Waals surface area contributed by atoms with Gasteiger partial charge in [0.05, 0.1) is 11.8 Å². The molecular formula is C12H20N2O3. The van der Waals surface area contributed by atoms with E-state index in [1.165, 1.54) is 0 Å². The van der Waals surface area contributed by atoms with Gasteiger partial charge in [-0.2, -0.15) is 0 Å². The van der Waals surface area contributed by atoms with Gasteiger partial charge in [-0.25, -0.2) is 0 Å². The standard InChI is InChI=1S/C12H20N2O3/c1-12(2)8(9(12)11(16)17)10(15)14-6-4-13(3)5-7-14/h8-9H,4-7H2,1-3H3,(H,16,17)/t8-,9+/m1/s1. The zero-order chi connectivity index (χ0) is 12.8. The first kappa shape index (κ1) is 12.4. The zero-order valence-electron chi connectivity index (χ0n) is 10.6. The molecule has 0 aromatic heterocycles. The highest BCUT2D eigenvalue weighted by Crippen LogP contribution is 2.59. The summed E-state index contributed by atoms with van der Waals surface area (Å²) in [7, 11) is 2.03. The Balaban J connectivity index is 2.00. The minimum atomic E-state index is -0.845. The number of nitrogens with zero attached hydrogens (tertiary/aromatic N) is 2. The highest BCUT2D eigenvalue weighted by atomic mass is 16.4. The lowest BCUT2D eigenvalue weighted by Crippen LogP contribution is -2.48. The molecule has 1 saturated heterocycles. The van der Waals surface area contributed by atoms with E-state index in [-0.39, 0.29) is 17.2 Å². The van der Waals surface area contributed by atoms with Crippen LogP contribution in [0.25, 0.3) is 0 Å². The molecule has 0 unspecified atom stereocenters. The maximum atomic E-state index is 12.2. The van der Waals surface area contributed by atoms with E-state index in [0.29, 0.717) is 13.1 Å². The largest absolute Gasteiger partial charge is 0.481 e. The van der Waals surface area contributed by atoms with Crippen LogP contribution in [0.5, 0.6) is 0 Å². The zero-order valence-corrected chi connectivity index (χ0v) is 10.6. The van der Waals surface area contributed by atoms with Gasteiger partial charge in [-0.1, -0.05) is 13.8 Å². The Hall–Kier alpha value is -1.10. The third-order valence-electron chi connectivity index (χ3n) is 4.17. The number of hydrogen-bond donors (Lipinski definition) is 1. The van der Waals surface area contributed by atoms with Crippen molar-refractivity contribution in [3.8, 4) is 0 Å². The summed E-state index contributed by atoms with van der Waals surface area (Å²) in [6, 6.07) is 0. The molecule has 1 aliphatic carbocycles. The topological polar surface area (TPSA) is 60.9 Å². The van der Waals surface area contributed by atoms with E-state index in [9.17, 15) is 9.59 Å². The highest BCUT2D eigenvalue weighted by Gasteiger charge is 2.66. The summed E-state index contributed by atoms with van der Waals surface area (Å²) in [5.74, 6) is -1.66. The van der Waals surface area contributed by atoms with Gasteiger partial charge >= 0.3 is 5.97 Å². The van der Waals surface area contributed by atoms with Crippen molar-refractivity contribution in [1.82, 2.24) is 9.80 Å². The molecule has 1 heterocycles. The Bertz CT molecular complexity index is 346. The molecule has 0 radical (unpaired) electrons. The van der Waals surface area contributed by atoms with Crippen molar-refractivity contribution in [2.45, 2.75) is 13.8 Å². The fourth-order valence-electron chi connectivity index (χ4n) is 2.78. The van der Waals surface area contributed by atoms with Crippen LogP contribution in [-0.2, 0) is 9.59 Å². The Kier molecular flexibility index (Phi) is 2.89.